The van der Waals surface area contributed by atoms with Gasteiger partial charge in [0.25, 0.3) is 5.91 Å². The molecule has 32 heavy (non-hydrogen) atoms. The van der Waals surface area contributed by atoms with Gasteiger partial charge < -0.3 is 14.5 Å². The molecular formula is C26H22ClNO4. The van der Waals surface area contributed by atoms with Gasteiger partial charge in [0.1, 0.15) is 11.3 Å². The maximum atomic E-state index is 13.1. The lowest BCUT2D eigenvalue weighted by Crippen LogP contribution is -2.14. The molecule has 0 atom stereocenters. The molecule has 162 valence electrons. The number of para-hydroxylation sites is 1. The van der Waals surface area contributed by atoms with Crippen LogP contribution in [0.5, 0.6) is 5.75 Å². The first-order chi connectivity index (χ1) is 15.4. The standard InChI is InChI=1S/C26H22ClNO4/c1-16(2)15-31-20-13-9-18(10-14-20)26(30)28-23-21-5-3-4-6-22(21)32-25(23)24(29)17-7-11-19(27)12-8-17/h3-14,16H,15H2,1-2H3,(H,28,30). The molecule has 0 saturated carbocycles. The third-order valence-electron chi connectivity index (χ3n) is 4.85. The Kier molecular flexibility index (Phi) is 6.28. The SMILES string of the molecule is CC(C)COc1ccc(C(=O)Nc2c(C(=O)c3ccc(Cl)cc3)oc3ccccc23)cc1. The molecule has 0 fully saturated rings. The highest BCUT2D eigenvalue weighted by atomic mass is 35.5. The number of fused-ring (bicyclic) bond motifs is 1. The van der Waals surface area contributed by atoms with E-state index < -0.39 is 0 Å². The molecule has 5 nitrogen and oxygen atoms in total. The number of halogens is 1. The van der Waals surface area contributed by atoms with Crippen molar-refractivity contribution < 1.29 is 18.7 Å². The van der Waals surface area contributed by atoms with Crippen molar-refractivity contribution in [3.63, 3.8) is 0 Å². The summed E-state index contributed by atoms with van der Waals surface area (Å²) < 4.78 is 11.5. The highest BCUT2D eigenvalue weighted by Gasteiger charge is 2.23. The molecular weight excluding hydrogens is 426 g/mol. The van der Waals surface area contributed by atoms with E-state index in [-0.39, 0.29) is 17.5 Å². The van der Waals surface area contributed by atoms with E-state index in [4.69, 9.17) is 20.8 Å². The molecule has 1 aromatic heterocycles. The Balaban J connectivity index is 1.63. The van der Waals surface area contributed by atoms with Crippen molar-refractivity contribution in [2.75, 3.05) is 11.9 Å². The smallest absolute Gasteiger partial charge is 0.255 e. The van der Waals surface area contributed by atoms with Crippen LogP contribution < -0.4 is 10.1 Å². The molecule has 0 aliphatic heterocycles. The van der Waals surface area contributed by atoms with Crippen molar-refractivity contribution in [3.8, 4) is 5.75 Å². The molecule has 0 aliphatic rings. The zero-order chi connectivity index (χ0) is 22.7. The average molecular weight is 448 g/mol. The van der Waals surface area contributed by atoms with Crippen LogP contribution in [0.15, 0.2) is 77.2 Å². The molecule has 0 spiro atoms. The van der Waals surface area contributed by atoms with Gasteiger partial charge in [-0.1, -0.05) is 37.6 Å². The van der Waals surface area contributed by atoms with Crippen molar-refractivity contribution in [3.05, 3.63) is 94.7 Å². The van der Waals surface area contributed by atoms with Crippen molar-refractivity contribution in [2.45, 2.75) is 13.8 Å². The minimum atomic E-state index is -0.350. The van der Waals surface area contributed by atoms with Crippen LogP contribution in [0, 0.1) is 5.92 Å². The zero-order valence-electron chi connectivity index (χ0n) is 17.7. The number of carbonyl (C=O) groups is 2. The highest BCUT2D eigenvalue weighted by molar-refractivity contribution is 6.30. The van der Waals surface area contributed by atoms with Gasteiger partial charge in [-0.3, -0.25) is 9.59 Å². The van der Waals surface area contributed by atoms with E-state index in [0.717, 1.165) is 0 Å². The predicted molar refractivity (Wildman–Crippen MR) is 126 cm³/mol. The van der Waals surface area contributed by atoms with Crippen LogP contribution in [0.4, 0.5) is 5.69 Å². The summed E-state index contributed by atoms with van der Waals surface area (Å²) in [5, 5.41) is 4.04. The molecule has 3 aromatic carbocycles. The third-order valence-corrected chi connectivity index (χ3v) is 5.10. The summed E-state index contributed by atoms with van der Waals surface area (Å²) >= 11 is 5.94. The monoisotopic (exact) mass is 447 g/mol. The number of amides is 1. The van der Waals surface area contributed by atoms with E-state index in [2.05, 4.69) is 19.2 Å². The minimum absolute atomic E-state index is 0.0683. The van der Waals surface area contributed by atoms with Gasteiger partial charge in [-0.15, -0.1) is 0 Å². The molecule has 0 unspecified atom stereocenters. The fourth-order valence-electron chi connectivity index (χ4n) is 3.21. The number of hydrogen-bond acceptors (Lipinski definition) is 4. The second-order valence-electron chi connectivity index (χ2n) is 7.82. The topological polar surface area (TPSA) is 68.5 Å². The molecule has 6 heteroatoms. The van der Waals surface area contributed by atoms with Gasteiger partial charge >= 0.3 is 0 Å². The van der Waals surface area contributed by atoms with Gasteiger partial charge in [-0.05, 0) is 66.6 Å². The summed E-state index contributed by atoms with van der Waals surface area (Å²) in [6, 6.07) is 20.6. The lowest BCUT2D eigenvalue weighted by molar-refractivity contribution is 0.101. The summed E-state index contributed by atoms with van der Waals surface area (Å²) in [7, 11) is 0. The van der Waals surface area contributed by atoms with Gasteiger partial charge in [0.2, 0.25) is 5.78 Å². The molecule has 0 bridgehead atoms. The Hall–Kier alpha value is -3.57. The van der Waals surface area contributed by atoms with E-state index in [1.54, 1.807) is 60.7 Å². The van der Waals surface area contributed by atoms with Gasteiger partial charge in [0.05, 0.1) is 12.3 Å². The van der Waals surface area contributed by atoms with E-state index in [1.807, 2.05) is 12.1 Å². The van der Waals surface area contributed by atoms with Crippen molar-refractivity contribution >= 4 is 39.9 Å². The number of ketones is 1. The maximum Gasteiger partial charge on any atom is 0.255 e. The molecule has 0 radical (unpaired) electrons. The number of anilines is 1. The first kappa shape index (κ1) is 21.7. The van der Waals surface area contributed by atoms with Crippen LogP contribution in [-0.4, -0.2) is 18.3 Å². The lowest BCUT2D eigenvalue weighted by atomic mass is 10.1. The molecule has 1 N–H and O–H groups in total. The second-order valence-corrected chi connectivity index (χ2v) is 8.26. The number of carbonyl (C=O) groups excluding carboxylic acids is 2. The Morgan fingerprint density at radius 1 is 0.938 bits per heavy atom. The Bertz CT molecular complexity index is 1260. The van der Waals surface area contributed by atoms with Crippen molar-refractivity contribution in [1.29, 1.82) is 0 Å². The van der Waals surface area contributed by atoms with Gasteiger partial charge in [0.15, 0.2) is 5.76 Å². The zero-order valence-corrected chi connectivity index (χ0v) is 18.5. The maximum absolute atomic E-state index is 13.1. The number of hydrogen-bond donors (Lipinski definition) is 1. The molecule has 1 heterocycles. The minimum Gasteiger partial charge on any atom is -0.493 e. The summed E-state index contributed by atoms with van der Waals surface area (Å²) in [6.07, 6.45) is 0. The van der Waals surface area contributed by atoms with E-state index >= 15 is 0 Å². The van der Waals surface area contributed by atoms with Crippen LogP contribution in [0.3, 0.4) is 0 Å². The molecule has 4 aromatic rings. The van der Waals surface area contributed by atoms with Crippen LogP contribution in [0.2, 0.25) is 5.02 Å². The predicted octanol–water partition coefficient (Wildman–Crippen LogP) is 6.60. The van der Waals surface area contributed by atoms with E-state index in [9.17, 15) is 9.59 Å². The van der Waals surface area contributed by atoms with Gasteiger partial charge in [-0.25, -0.2) is 0 Å². The molecule has 1 amide bonds. The summed E-state index contributed by atoms with van der Waals surface area (Å²) in [6.45, 7) is 4.74. The summed E-state index contributed by atoms with van der Waals surface area (Å²) in [5.74, 6) is 0.480. The Labute approximate surface area is 191 Å². The first-order valence-electron chi connectivity index (χ1n) is 10.3. The summed E-state index contributed by atoms with van der Waals surface area (Å²) in [5.41, 5.74) is 1.70. The fourth-order valence-corrected chi connectivity index (χ4v) is 3.34. The normalized spacial score (nSPS) is 11.0. The molecule has 4 rings (SSSR count). The second kappa shape index (κ2) is 9.28. The number of benzene rings is 3. The van der Waals surface area contributed by atoms with Crippen LogP contribution in [0.25, 0.3) is 11.0 Å². The van der Waals surface area contributed by atoms with E-state index in [0.29, 0.717) is 51.1 Å². The Morgan fingerprint density at radius 2 is 1.59 bits per heavy atom. The van der Waals surface area contributed by atoms with Crippen LogP contribution in [0.1, 0.15) is 40.3 Å². The van der Waals surface area contributed by atoms with Gasteiger partial charge in [0, 0.05) is 21.5 Å². The summed E-state index contributed by atoms with van der Waals surface area (Å²) in [4.78, 5) is 26.1. The number of rotatable bonds is 7. The number of ether oxygens (including phenoxy) is 1. The average Bonchev–Trinajstić information content (AvgIpc) is 3.16. The lowest BCUT2D eigenvalue weighted by Gasteiger charge is -2.10. The molecule has 0 aliphatic carbocycles. The third kappa shape index (κ3) is 4.68. The van der Waals surface area contributed by atoms with Crippen molar-refractivity contribution in [2.24, 2.45) is 5.92 Å². The fraction of sp³-hybridized carbons (Fsp3) is 0.154. The van der Waals surface area contributed by atoms with Crippen LogP contribution >= 0.6 is 11.6 Å². The molecule has 0 saturated heterocycles. The largest absolute Gasteiger partial charge is 0.493 e. The number of nitrogens with one attached hydrogen (secondary N) is 1. The van der Waals surface area contributed by atoms with Crippen LogP contribution in [-0.2, 0) is 0 Å². The highest BCUT2D eigenvalue weighted by Crippen LogP contribution is 2.33. The van der Waals surface area contributed by atoms with E-state index in [1.165, 1.54) is 0 Å². The first-order valence-corrected chi connectivity index (χ1v) is 10.7. The van der Waals surface area contributed by atoms with Crippen molar-refractivity contribution in [1.82, 2.24) is 0 Å². The number of furan rings is 1. The Morgan fingerprint density at radius 3 is 2.28 bits per heavy atom. The van der Waals surface area contributed by atoms with Gasteiger partial charge in [-0.2, -0.15) is 0 Å². The quantitative estimate of drug-likeness (QED) is 0.324.